The van der Waals surface area contributed by atoms with Crippen LogP contribution in [-0.4, -0.2) is 35.7 Å². The van der Waals surface area contributed by atoms with Crippen LogP contribution in [0.3, 0.4) is 0 Å². The molecule has 0 aliphatic carbocycles. The second-order valence-corrected chi connectivity index (χ2v) is 6.21. The molecule has 1 fully saturated rings. The fourth-order valence-corrected chi connectivity index (χ4v) is 2.88. The van der Waals surface area contributed by atoms with Crippen LogP contribution in [0.2, 0.25) is 0 Å². The highest BCUT2D eigenvalue weighted by atomic mass is 79.9. The number of carbonyl (C=O) groups excluding carboxylic acids is 1. The molecular formula is C10H10BrNO4S. The van der Waals surface area contributed by atoms with Crippen LogP contribution in [-0.2, 0) is 9.53 Å². The molecule has 7 heteroatoms. The topological polar surface area (TPSA) is 75.6 Å². The average Bonchev–Trinajstić information content (AvgIpc) is 2.87. The zero-order valence-corrected chi connectivity index (χ0v) is 11.1. The van der Waals surface area contributed by atoms with Crippen LogP contribution in [0, 0.1) is 0 Å². The quantitative estimate of drug-likeness (QED) is 0.885. The van der Waals surface area contributed by atoms with Gasteiger partial charge in [0.1, 0.15) is 0 Å². The van der Waals surface area contributed by atoms with Crippen molar-refractivity contribution in [3.63, 3.8) is 0 Å². The molecule has 0 radical (unpaired) electrons. The van der Waals surface area contributed by atoms with Crippen molar-refractivity contribution in [1.82, 2.24) is 5.32 Å². The number of carbonyl (C=O) groups is 2. The molecular weight excluding hydrogens is 310 g/mol. The predicted molar refractivity (Wildman–Crippen MR) is 65.3 cm³/mol. The number of aliphatic carboxylic acids is 1. The van der Waals surface area contributed by atoms with Gasteiger partial charge in [0.05, 0.1) is 15.3 Å². The van der Waals surface area contributed by atoms with Crippen molar-refractivity contribution < 1.29 is 19.4 Å². The Bertz CT molecular complexity index is 453. The van der Waals surface area contributed by atoms with Crippen LogP contribution in [0.15, 0.2) is 15.9 Å². The molecule has 2 N–H and O–H groups in total. The van der Waals surface area contributed by atoms with Crippen LogP contribution in [0.25, 0.3) is 0 Å². The smallest absolute Gasteiger partial charge is 0.331 e. The first-order chi connectivity index (χ1) is 8.03. The molecule has 0 spiro atoms. The monoisotopic (exact) mass is 319 g/mol. The first-order valence-electron chi connectivity index (χ1n) is 4.92. The summed E-state index contributed by atoms with van der Waals surface area (Å²) in [5.74, 6) is -1.44. The van der Waals surface area contributed by atoms with Crippen molar-refractivity contribution in [2.24, 2.45) is 0 Å². The Morgan fingerprint density at radius 2 is 2.29 bits per heavy atom. The lowest BCUT2D eigenvalue weighted by molar-refractivity contribution is -0.144. The normalized spacial score (nSPS) is 23.6. The number of hydrogen-bond donors (Lipinski definition) is 2. The summed E-state index contributed by atoms with van der Waals surface area (Å²) < 4.78 is 5.89. The van der Waals surface area contributed by atoms with Crippen LogP contribution in [0.1, 0.15) is 16.1 Å². The molecule has 1 saturated heterocycles. The van der Waals surface area contributed by atoms with Crippen LogP contribution < -0.4 is 5.32 Å². The molecule has 0 saturated carbocycles. The highest BCUT2D eigenvalue weighted by Gasteiger charge is 2.44. The highest BCUT2D eigenvalue weighted by molar-refractivity contribution is 9.11. The Kier molecular flexibility index (Phi) is 3.50. The molecule has 5 nitrogen and oxygen atoms in total. The van der Waals surface area contributed by atoms with E-state index < -0.39 is 11.5 Å². The Morgan fingerprint density at radius 1 is 1.53 bits per heavy atom. The molecule has 1 aliphatic heterocycles. The van der Waals surface area contributed by atoms with Gasteiger partial charge in [-0.15, -0.1) is 11.3 Å². The second-order valence-electron chi connectivity index (χ2n) is 3.75. The minimum atomic E-state index is -1.28. The van der Waals surface area contributed by atoms with Gasteiger partial charge in [0.25, 0.3) is 5.91 Å². The van der Waals surface area contributed by atoms with Crippen LogP contribution in [0.5, 0.6) is 0 Å². The van der Waals surface area contributed by atoms with Crippen molar-refractivity contribution in [2.45, 2.75) is 12.0 Å². The largest absolute Gasteiger partial charge is 0.479 e. The lowest BCUT2D eigenvalue weighted by atomic mass is 9.99. The first kappa shape index (κ1) is 12.5. The summed E-state index contributed by atoms with van der Waals surface area (Å²) in [5, 5.41) is 11.7. The third kappa shape index (κ3) is 2.51. The first-order valence-corrected chi connectivity index (χ1v) is 6.53. The van der Waals surface area contributed by atoms with Gasteiger partial charge >= 0.3 is 5.97 Å². The van der Waals surface area contributed by atoms with Crippen LogP contribution >= 0.6 is 27.3 Å². The van der Waals surface area contributed by atoms with Gasteiger partial charge < -0.3 is 15.2 Å². The van der Waals surface area contributed by atoms with Crippen molar-refractivity contribution in [1.29, 1.82) is 0 Å². The van der Waals surface area contributed by atoms with E-state index in [1.165, 1.54) is 11.3 Å². The maximum Gasteiger partial charge on any atom is 0.331 e. The van der Waals surface area contributed by atoms with Gasteiger partial charge in [0.15, 0.2) is 5.54 Å². The van der Waals surface area contributed by atoms with Gasteiger partial charge in [0, 0.05) is 13.0 Å². The standard InChI is InChI=1S/C10H10BrNO4S/c11-7-2-1-6(17-7)8(13)12-10(9(14)15)3-4-16-5-10/h1-2H,3-5H2,(H,12,13)(H,14,15). The summed E-state index contributed by atoms with van der Waals surface area (Å²) in [6.07, 6.45) is 0.292. The number of thiophene rings is 1. The van der Waals surface area contributed by atoms with E-state index in [1.807, 2.05) is 0 Å². The zero-order chi connectivity index (χ0) is 12.5. The number of amides is 1. The molecule has 1 aromatic heterocycles. The van der Waals surface area contributed by atoms with Gasteiger partial charge in [-0.2, -0.15) is 0 Å². The van der Waals surface area contributed by atoms with E-state index in [2.05, 4.69) is 21.2 Å². The van der Waals surface area contributed by atoms with Crippen molar-refractivity contribution in [3.05, 3.63) is 20.8 Å². The molecule has 1 unspecified atom stereocenters. The molecule has 92 valence electrons. The Hall–Kier alpha value is -0.920. The molecule has 2 heterocycles. The van der Waals surface area contributed by atoms with E-state index in [4.69, 9.17) is 9.84 Å². The summed E-state index contributed by atoms with van der Waals surface area (Å²) in [5.41, 5.74) is -1.28. The summed E-state index contributed by atoms with van der Waals surface area (Å²) in [6.45, 7) is 0.362. The van der Waals surface area contributed by atoms with Crippen molar-refractivity contribution in [2.75, 3.05) is 13.2 Å². The molecule has 1 aromatic rings. The highest BCUT2D eigenvalue weighted by Crippen LogP contribution is 2.24. The maximum atomic E-state index is 11.9. The number of hydrogen-bond acceptors (Lipinski definition) is 4. The molecule has 0 bridgehead atoms. The third-order valence-electron chi connectivity index (χ3n) is 2.58. The van der Waals surface area contributed by atoms with Gasteiger partial charge in [-0.05, 0) is 28.1 Å². The van der Waals surface area contributed by atoms with Crippen LogP contribution in [0.4, 0.5) is 0 Å². The molecule has 1 amide bonds. The minimum Gasteiger partial charge on any atom is -0.479 e. The Morgan fingerprint density at radius 3 is 2.76 bits per heavy atom. The number of ether oxygens (including phenoxy) is 1. The maximum absolute atomic E-state index is 11.9. The van der Waals surface area contributed by atoms with E-state index in [-0.39, 0.29) is 12.5 Å². The molecule has 2 rings (SSSR count). The number of carboxylic acid groups (broad SMARTS) is 1. The second kappa shape index (κ2) is 4.75. The van der Waals surface area contributed by atoms with Crippen molar-refractivity contribution >= 4 is 39.1 Å². The third-order valence-corrected chi connectivity index (χ3v) is 4.20. The SMILES string of the molecule is O=C(NC1(C(=O)O)CCOC1)c1ccc(Br)s1. The zero-order valence-electron chi connectivity index (χ0n) is 8.73. The predicted octanol–water partition coefficient (Wildman–Crippen LogP) is 1.48. The molecule has 17 heavy (non-hydrogen) atoms. The lowest BCUT2D eigenvalue weighted by Gasteiger charge is -2.23. The minimum absolute atomic E-state index is 0.0145. The van der Waals surface area contributed by atoms with Gasteiger partial charge in [0.2, 0.25) is 0 Å². The van der Waals surface area contributed by atoms with E-state index in [1.54, 1.807) is 12.1 Å². The molecule has 1 aliphatic rings. The summed E-state index contributed by atoms with van der Waals surface area (Å²) >= 11 is 4.51. The van der Waals surface area contributed by atoms with E-state index in [0.29, 0.717) is 17.9 Å². The lowest BCUT2D eigenvalue weighted by Crippen LogP contribution is -2.55. The summed E-state index contributed by atoms with van der Waals surface area (Å²) in [6, 6.07) is 3.40. The Balaban J connectivity index is 2.14. The number of nitrogens with one attached hydrogen (secondary N) is 1. The summed E-state index contributed by atoms with van der Waals surface area (Å²) in [7, 11) is 0. The van der Waals surface area contributed by atoms with E-state index in [9.17, 15) is 9.59 Å². The molecule has 1 atom stereocenters. The van der Waals surface area contributed by atoms with Gasteiger partial charge in [-0.25, -0.2) is 4.79 Å². The van der Waals surface area contributed by atoms with E-state index in [0.717, 1.165) is 3.79 Å². The fourth-order valence-electron chi connectivity index (χ4n) is 1.60. The number of halogens is 1. The summed E-state index contributed by atoms with van der Waals surface area (Å²) in [4.78, 5) is 23.6. The number of rotatable bonds is 3. The van der Waals surface area contributed by atoms with Crippen molar-refractivity contribution in [3.8, 4) is 0 Å². The van der Waals surface area contributed by atoms with Gasteiger partial charge in [-0.3, -0.25) is 4.79 Å². The van der Waals surface area contributed by atoms with E-state index >= 15 is 0 Å². The fraction of sp³-hybridized carbons (Fsp3) is 0.400. The number of carboxylic acids is 1. The average molecular weight is 320 g/mol. The Labute approximate surface area is 110 Å². The van der Waals surface area contributed by atoms with Gasteiger partial charge in [-0.1, -0.05) is 0 Å². The molecule has 0 aromatic carbocycles.